The first-order chi connectivity index (χ1) is 9.51. The number of hydrogen-bond acceptors (Lipinski definition) is 4. The molecule has 0 unspecified atom stereocenters. The van der Waals surface area contributed by atoms with Gasteiger partial charge in [-0.15, -0.1) is 0 Å². The lowest BCUT2D eigenvalue weighted by Gasteiger charge is -2.29. The summed E-state index contributed by atoms with van der Waals surface area (Å²) in [4.78, 5) is 11.4. The summed E-state index contributed by atoms with van der Waals surface area (Å²) in [5, 5.41) is 3.42. The molecule has 1 aliphatic heterocycles. The Morgan fingerprint density at radius 3 is 2.85 bits per heavy atom. The highest BCUT2D eigenvalue weighted by Gasteiger charge is 2.18. The number of anilines is 2. The number of pyridine rings is 1. The van der Waals surface area contributed by atoms with Crippen molar-refractivity contribution in [3.05, 3.63) is 36.4 Å². The molecule has 0 bridgehead atoms. The third-order valence-electron chi connectivity index (χ3n) is 3.31. The molecule has 106 valence electrons. The fourth-order valence-corrected chi connectivity index (χ4v) is 2.42. The van der Waals surface area contributed by atoms with Crippen LogP contribution < -0.4 is 10.2 Å². The van der Waals surface area contributed by atoms with Crippen LogP contribution in [0.5, 0.6) is 0 Å². The average Bonchev–Trinajstić information content (AvgIpc) is 2.84. The highest BCUT2D eigenvalue weighted by atomic mass is 15.3. The first-order valence-corrected chi connectivity index (χ1v) is 7.01. The molecule has 0 aliphatic carbocycles. The molecule has 1 aliphatic rings. The van der Waals surface area contributed by atoms with E-state index in [1.807, 2.05) is 18.5 Å². The highest BCUT2D eigenvalue weighted by molar-refractivity contribution is 5.48. The van der Waals surface area contributed by atoms with Crippen LogP contribution in [0.3, 0.4) is 0 Å². The molecule has 0 amide bonds. The van der Waals surface area contributed by atoms with E-state index in [1.54, 1.807) is 0 Å². The van der Waals surface area contributed by atoms with Crippen LogP contribution in [0.15, 0.2) is 30.6 Å². The molecule has 2 aromatic rings. The highest BCUT2D eigenvalue weighted by Crippen LogP contribution is 2.21. The van der Waals surface area contributed by atoms with E-state index in [0.29, 0.717) is 0 Å². The van der Waals surface area contributed by atoms with Crippen LogP contribution in [0.2, 0.25) is 0 Å². The van der Waals surface area contributed by atoms with E-state index in [0.717, 1.165) is 37.1 Å². The molecule has 5 nitrogen and oxygen atoms in total. The van der Waals surface area contributed by atoms with Crippen molar-refractivity contribution in [3.63, 3.8) is 0 Å². The molecule has 3 rings (SSSR count). The standard InChI is InChI=1S/C15H21N5/c1-15(2,3)18-12-5-4-6-13(17-12)20-10-9-19-8-7-16-14(19)11-20/h4-8H,9-11H2,1-3H3,(H,17,18). The van der Waals surface area contributed by atoms with E-state index in [-0.39, 0.29) is 5.54 Å². The van der Waals surface area contributed by atoms with E-state index in [4.69, 9.17) is 4.98 Å². The Labute approximate surface area is 119 Å². The van der Waals surface area contributed by atoms with Crippen LogP contribution in [-0.4, -0.2) is 26.6 Å². The normalized spacial score (nSPS) is 15.1. The number of imidazole rings is 1. The van der Waals surface area contributed by atoms with Crippen molar-refractivity contribution in [1.29, 1.82) is 0 Å². The summed E-state index contributed by atoms with van der Waals surface area (Å²) in [6.07, 6.45) is 3.90. The van der Waals surface area contributed by atoms with Gasteiger partial charge in [0.1, 0.15) is 17.5 Å². The van der Waals surface area contributed by atoms with Gasteiger partial charge in [-0.25, -0.2) is 9.97 Å². The fourth-order valence-electron chi connectivity index (χ4n) is 2.42. The van der Waals surface area contributed by atoms with E-state index in [9.17, 15) is 0 Å². The minimum Gasteiger partial charge on any atom is -0.365 e. The maximum absolute atomic E-state index is 4.72. The summed E-state index contributed by atoms with van der Waals surface area (Å²) >= 11 is 0. The van der Waals surface area contributed by atoms with Gasteiger partial charge in [-0.2, -0.15) is 0 Å². The fraction of sp³-hybridized carbons (Fsp3) is 0.467. The molecule has 1 N–H and O–H groups in total. The van der Waals surface area contributed by atoms with Crippen molar-refractivity contribution >= 4 is 11.6 Å². The van der Waals surface area contributed by atoms with Gasteiger partial charge < -0.3 is 14.8 Å². The second kappa shape index (κ2) is 4.81. The van der Waals surface area contributed by atoms with Gasteiger partial charge in [0.15, 0.2) is 0 Å². The smallest absolute Gasteiger partial charge is 0.131 e. The summed E-state index contributed by atoms with van der Waals surface area (Å²) in [7, 11) is 0. The van der Waals surface area contributed by atoms with Crippen LogP contribution in [0.1, 0.15) is 26.6 Å². The summed E-state index contributed by atoms with van der Waals surface area (Å²) in [6, 6.07) is 6.13. The Morgan fingerprint density at radius 2 is 2.05 bits per heavy atom. The third kappa shape index (κ3) is 2.76. The molecule has 0 saturated carbocycles. The first-order valence-electron chi connectivity index (χ1n) is 7.01. The zero-order chi connectivity index (χ0) is 14.2. The topological polar surface area (TPSA) is 46.0 Å². The summed E-state index contributed by atoms with van der Waals surface area (Å²) in [5.74, 6) is 3.03. The Bertz CT molecular complexity index is 596. The average molecular weight is 271 g/mol. The molecule has 20 heavy (non-hydrogen) atoms. The Kier molecular flexibility index (Phi) is 3.12. The lowest BCUT2D eigenvalue weighted by atomic mass is 10.1. The number of fused-ring (bicyclic) bond motifs is 1. The number of aromatic nitrogens is 3. The van der Waals surface area contributed by atoms with Crippen molar-refractivity contribution in [1.82, 2.24) is 14.5 Å². The third-order valence-corrected chi connectivity index (χ3v) is 3.31. The predicted molar refractivity (Wildman–Crippen MR) is 80.9 cm³/mol. The van der Waals surface area contributed by atoms with Gasteiger partial charge in [0, 0.05) is 31.0 Å². The van der Waals surface area contributed by atoms with Crippen LogP contribution >= 0.6 is 0 Å². The summed E-state index contributed by atoms with van der Waals surface area (Å²) in [6.45, 7) is 9.17. The van der Waals surface area contributed by atoms with E-state index < -0.39 is 0 Å². The van der Waals surface area contributed by atoms with Crippen molar-refractivity contribution < 1.29 is 0 Å². The van der Waals surface area contributed by atoms with Gasteiger partial charge in [-0.05, 0) is 32.9 Å². The zero-order valence-corrected chi connectivity index (χ0v) is 12.3. The molecule has 0 saturated heterocycles. The molecule has 0 fully saturated rings. The minimum atomic E-state index is 0.0176. The monoisotopic (exact) mass is 271 g/mol. The quantitative estimate of drug-likeness (QED) is 0.911. The first kappa shape index (κ1) is 13.0. The molecule has 5 heteroatoms. The lowest BCUT2D eigenvalue weighted by molar-refractivity contribution is 0.556. The van der Waals surface area contributed by atoms with Crippen LogP contribution in [0.25, 0.3) is 0 Å². The van der Waals surface area contributed by atoms with Gasteiger partial charge >= 0.3 is 0 Å². The van der Waals surface area contributed by atoms with Crippen LogP contribution in [0, 0.1) is 0 Å². The molecule has 0 atom stereocenters. The SMILES string of the molecule is CC(C)(C)Nc1cccc(N2CCn3ccnc3C2)n1. The zero-order valence-electron chi connectivity index (χ0n) is 12.3. The van der Waals surface area contributed by atoms with E-state index >= 15 is 0 Å². The van der Waals surface area contributed by atoms with E-state index in [2.05, 4.69) is 52.7 Å². The van der Waals surface area contributed by atoms with Gasteiger partial charge in [0.2, 0.25) is 0 Å². The van der Waals surface area contributed by atoms with Gasteiger partial charge in [-0.3, -0.25) is 0 Å². The molecule has 0 aromatic carbocycles. The van der Waals surface area contributed by atoms with Crippen LogP contribution in [0.4, 0.5) is 11.6 Å². The molecule has 0 radical (unpaired) electrons. The largest absolute Gasteiger partial charge is 0.365 e. The maximum atomic E-state index is 4.72. The van der Waals surface area contributed by atoms with Crippen molar-refractivity contribution in [3.8, 4) is 0 Å². The number of nitrogens with zero attached hydrogens (tertiary/aromatic N) is 4. The molecular weight excluding hydrogens is 250 g/mol. The van der Waals surface area contributed by atoms with Crippen LogP contribution in [-0.2, 0) is 13.1 Å². The molecule has 2 aromatic heterocycles. The van der Waals surface area contributed by atoms with Crippen molar-refractivity contribution in [2.75, 3.05) is 16.8 Å². The number of rotatable bonds is 2. The van der Waals surface area contributed by atoms with Crippen molar-refractivity contribution in [2.45, 2.75) is 39.4 Å². The Hall–Kier alpha value is -2.04. The molecule has 0 spiro atoms. The number of hydrogen-bond donors (Lipinski definition) is 1. The number of nitrogens with one attached hydrogen (secondary N) is 1. The van der Waals surface area contributed by atoms with Gasteiger partial charge in [0.05, 0.1) is 6.54 Å². The maximum Gasteiger partial charge on any atom is 0.131 e. The molecular formula is C15H21N5. The van der Waals surface area contributed by atoms with Crippen molar-refractivity contribution in [2.24, 2.45) is 0 Å². The minimum absolute atomic E-state index is 0.0176. The second-order valence-electron chi connectivity index (χ2n) is 6.21. The van der Waals surface area contributed by atoms with Gasteiger partial charge in [0.25, 0.3) is 0 Å². The lowest BCUT2D eigenvalue weighted by Crippen LogP contribution is -2.34. The Balaban J connectivity index is 1.80. The summed E-state index contributed by atoms with van der Waals surface area (Å²) in [5.41, 5.74) is 0.0176. The second-order valence-corrected chi connectivity index (χ2v) is 6.21. The van der Waals surface area contributed by atoms with E-state index in [1.165, 1.54) is 0 Å². The summed E-state index contributed by atoms with van der Waals surface area (Å²) < 4.78 is 2.20. The van der Waals surface area contributed by atoms with Gasteiger partial charge in [-0.1, -0.05) is 6.07 Å². The predicted octanol–water partition coefficient (Wildman–Crippen LogP) is 2.51. The Morgan fingerprint density at radius 1 is 1.20 bits per heavy atom. The molecule has 3 heterocycles.